The van der Waals surface area contributed by atoms with Gasteiger partial charge in [0.1, 0.15) is 0 Å². The molecule has 0 aliphatic heterocycles. The normalized spacial score (nSPS) is 12.9. The Kier molecular flexibility index (Phi) is 10.0. The standard InChI is InChI=1S/C20H27Cl2N/c1-4-8-17(5-2)9-6-7-14-23-16(3)10-11-18-12-13-19(21)20(22)15-18/h4-5,8,12-13,15-16,23H,1-2,6-7,9-11,14H2,3H3/b17-8+. The largest absolute Gasteiger partial charge is 0.314 e. The molecule has 0 amide bonds. The van der Waals surface area contributed by atoms with Crippen molar-refractivity contribution in [3.63, 3.8) is 0 Å². The van der Waals surface area contributed by atoms with Gasteiger partial charge in [-0.3, -0.25) is 0 Å². The summed E-state index contributed by atoms with van der Waals surface area (Å²) in [5.41, 5.74) is 2.49. The van der Waals surface area contributed by atoms with Crippen molar-refractivity contribution < 1.29 is 0 Å². The summed E-state index contributed by atoms with van der Waals surface area (Å²) in [5, 5.41) is 4.83. The summed E-state index contributed by atoms with van der Waals surface area (Å²) in [4.78, 5) is 0. The molecule has 1 aromatic rings. The molecular weight excluding hydrogens is 325 g/mol. The highest BCUT2D eigenvalue weighted by Gasteiger charge is 2.04. The Bertz CT molecular complexity index is 534. The Labute approximate surface area is 151 Å². The van der Waals surface area contributed by atoms with Gasteiger partial charge in [-0.1, -0.05) is 60.7 Å². The number of unbranched alkanes of at least 4 members (excludes halogenated alkanes) is 1. The van der Waals surface area contributed by atoms with E-state index in [0.717, 1.165) is 32.2 Å². The van der Waals surface area contributed by atoms with Gasteiger partial charge in [-0.25, -0.2) is 0 Å². The molecule has 0 spiro atoms. The van der Waals surface area contributed by atoms with E-state index in [1.807, 2.05) is 36.4 Å². The SMILES string of the molecule is C=C/C=C(\C=C)CCCCNC(C)CCc1ccc(Cl)c(Cl)c1. The molecule has 0 aliphatic rings. The molecule has 3 heteroatoms. The van der Waals surface area contributed by atoms with E-state index in [4.69, 9.17) is 23.2 Å². The van der Waals surface area contributed by atoms with E-state index in [2.05, 4.69) is 25.4 Å². The Morgan fingerprint density at radius 1 is 1.22 bits per heavy atom. The van der Waals surface area contributed by atoms with Crippen molar-refractivity contribution in [2.45, 2.75) is 45.1 Å². The zero-order chi connectivity index (χ0) is 17.1. The molecule has 1 rings (SSSR count). The monoisotopic (exact) mass is 351 g/mol. The lowest BCUT2D eigenvalue weighted by Gasteiger charge is -2.14. The second-order valence-electron chi connectivity index (χ2n) is 5.78. The quantitative estimate of drug-likeness (QED) is 0.360. The van der Waals surface area contributed by atoms with Gasteiger partial charge in [0.2, 0.25) is 0 Å². The van der Waals surface area contributed by atoms with Gasteiger partial charge in [-0.2, -0.15) is 0 Å². The van der Waals surface area contributed by atoms with E-state index < -0.39 is 0 Å². The summed E-state index contributed by atoms with van der Waals surface area (Å²) in [6.45, 7) is 10.8. The number of aryl methyl sites for hydroxylation is 1. The molecular formula is C20H27Cl2N. The summed E-state index contributed by atoms with van der Waals surface area (Å²) in [6.07, 6.45) is 11.3. The Morgan fingerprint density at radius 3 is 2.65 bits per heavy atom. The van der Waals surface area contributed by atoms with E-state index in [9.17, 15) is 0 Å². The first kappa shape index (κ1) is 20.0. The molecule has 0 bridgehead atoms. The second kappa shape index (κ2) is 11.5. The minimum absolute atomic E-state index is 0.493. The smallest absolute Gasteiger partial charge is 0.0595 e. The Balaban J connectivity index is 2.18. The minimum atomic E-state index is 0.493. The predicted octanol–water partition coefficient (Wildman–Crippen LogP) is 6.37. The van der Waals surface area contributed by atoms with Crippen molar-refractivity contribution in [3.05, 3.63) is 70.8 Å². The van der Waals surface area contributed by atoms with Crippen molar-refractivity contribution in [2.75, 3.05) is 6.54 Å². The highest BCUT2D eigenvalue weighted by molar-refractivity contribution is 6.42. The molecule has 0 aromatic heterocycles. The molecule has 1 unspecified atom stereocenters. The fraction of sp³-hybridized carbons (Fsp3) is 0.400. The van der Waals surface area contributed by atoms with Crippen LogP contribution in [0.4, 0.5) is 0 Å². The van der Waals surface area contributed by atoms with Crippen LogP contribution >= 0.6 is 23.2 Å². The molecule has 23 heavy (non-hydrogen) atoms. The molecule has 0 aliphatic carbocycles. The summed E-state index contributed by atoms with van der Waals surface area (Å²) >= 11 is 12.0. The molecule has 0 fully saturated rings. The van der Waals surface area contributed by atoms with Crippen molar-refractivity contribution in [1.29, 1.82) is 0 Å². The lowest BCUT2D eigenvalue weighted by atomic mass is 10.1. The van der Waals surface area contributed by atoms with Crippen LogP contribution in [0.3, 0.4) is 0 Å². The first-order valence-electron chi connectivity index (χ1n) is 8.18. The van der Waals surface area contributed by atoms with Crippen molar-refractivity contribution in [3.8, 4) is 0 Å². The summed E-state index contributed by atoms with van der Waals surface area (Å²) in [5.74, 6) is 0. The summed E-state index contributed by atoms with van der Waals surface area (Å²) in [6, 6.07) is 6.36. The zero-order valence-electron chi connectivity index (χ0n) is 14.0. The molecule has 0 radical (unpaired) electrons. The molecule has 0 heterocycles. The number of rotatable bonds is 11. The van der Waals surface area contributed by atoms with Crippen LogP contribution in [0.5, 0.6) is 0 Å². The maximum Gasteiger partial charge on any atom is 0.0595 e. The lowest BCUT2D eigenvalue weighted by Crippen LogP contribution is -2.27. The Hall–Kier alpha value is -1.02. The first-order valence-corrected chi connectivity index (χ1v) is 8.93. The zero-order valence-corrected chi connectivity index (χ0v) is 15.5. The van der Waals surface area contributed by atoms with Crippen molar-refractivity contribution in [1.82, 2.24) is 5.32 Å². The topological polar surface area (TPSA) is 12.0 Å². The maximum absolute atomic E-state index is 6.04. The second-order valence-corrected chi connectivity index (χ2v) is 6.60. The van der Waals surface area contributed by atoms with E-state index in [1.54, 1.807) is 0 Å². The molecule has 126 valence electrons. The van der Waals surface area contributed by atoms with Crippen LogP contribution in [0.2, 0.25) is 10.0 Å². The highest BCUT2D eigenvalue weighted by atomic mass is 35.5. The third-order valence-electron chi connectivity index (χ3n) is 3.83. The molecule has 1 N–H and O–H groups in total. The van der Waals surface area contributed by atoms with Crippen LogP contribution in [0.15, 0.2) is 55.2 Å². The average Bonchev–Trinajstić information content (AvgIpc) is 2.54. The maximum atomic E-state index is 6.04. The van der Waals surface area contributed by atoms with Gasteiger partial charge in [-0.15, -0.1) is 0 Å². The van der Waals surface area contributed by atoms with E-state index in [0.29, 0.717) is 16.1 Å². The first-order chi connectivity index (χ1) is 11.1. The van der Waals surface area contributed by atoms with E-state index in [-0.39, 0.29) is 0 Å². The number of benzene rings is 1. The third kappa shape index (κ3) is 8.41. The van der Waals surface area contributed by atoms with Gasteiger partial charge < -0.3 is 5.32 Å². The fourth-order valence-electron chi connectivity index (χ4n) is 2.39. The molecule has 1 aromatic carbocycles. The van der Waals surface area contributed by atoms with Crippen LogP contribution in [-0.2, 0) is 6.42 Å². The van der Waals surface area contributed by atoms with Crippen LogP contribution < -0.4 is 5.32 Å². The van der Waals surface area contributed by atoms with Gasteiger partial charge in [0.05, 0.1) is 10.0 Å². The number of nitrogens with one attached hydrogen (secondary N) is 1. The number of hydrogen-bond donors (Lipinski definition) is 1. The molecule has 1 nitrogen and oxygen atoms in total. The molecule has 0 saturated heterocycles. The third-order valence-corrected chi connectivity index (χ3v) is 4.57. The fourth-order valence-corrected chi connectivity index (χ4v) is 2.71. The Morgan fingerprint density at radius 2 is 2.00 bits per heavy atom. The van der Waals surface area contributed by atoms with Gasteiger partial charge >= 0.3 is 0 Å². The van der Waals surface area contributed by atoms with Crippen LogP contribution in [-0.4, -0.2) is 12.6 Å². The average molecular weight is 352 g/mol. The predicted molar refractivity (Wildman–Crippen MR) is 105 cm³/mol. The van der Waals surface area contributed by atoms with Crippen LogP contribution in [0.25, 0.3) is 0 Å². The number of allylic oxidation sites excluding steroid dienone is 4. The van der Waals surface area contributed by atoms with E-state index >= 15 is 0 Å². The van der Waals surface area contributed by atoms with Crippen molar-refractivity contribution >= 4 is 23.2 Å². The summed E-state index contributed by atoms with van der Waals surface area (Å²) in [7, 11) is 0. The highest BCUT2D eigenvalue weighted by Crippen LogP contribution is 2.23. The minimum Gasteiger partial charge on any atom is -0.314 e. The molecule has 0 saturated carbocycles. The lowest BCUT2D eigenvalue weighted by molar-refractivity contribution is 0.500. The van der Waals surface area contributed by atoms with Gasteiger partial charge in [-0.05, 0) is 68.8 Å². The van der Waals surface area contributed by atoms with Crippen LogP contribution in [0, 0.1) is 0 Å². The molecule has 1 atom stereocenters. The summed E-state index contributed by atoms with van der Waals surface area (Å²) < 4.78 is 0. The van der Waals surface area contributed by atoms with Gasteiger partial charge in [0, 0.05) is 6.04 Å². The number of hydrogen-bond acceptors (Lipinski definition) is 1. The number of halogens is 2. The van der Waals surface area contributed by atoms with Gasteiger partial charge in [0.25, 0.3) is 0 Å². The van der Waals surface area contributed by atoms with Crippen LogP contribution in [0.1, 0.15) is 38.2 Å². The van der Waals surface area contributed by atoms with E-state index in [1.165, 1.54) is 17.6 Å². The van der Waals surface area contributed by atoms with Crippen molar-refractivity contribution in [2.24, 2.45) is 0 Å². The van der Waals surface area contributed by atoms with Gasteiger partial charge in [0.15, 0.2) is 0 Å².